The van der Waals surface area contributed by atoms with Crippen molar-refractivity contribution in [2.24, 2.45) is 0 Å². The number of hydrogen-bond acceptors (Lipinski definition) is 4. The number of carbonyl (C=O) groups excluding carboxylic acids is 1. The minimum absolute atomic E-state index is 0.0364. The third kappa shape index (κ3) is 3.20. The fourth-order valence-electron chi connectivity index (χ4n) is 1.54. The van der Waals surface area contributed by atoms with Gasteiger partial charge in [-0.3, -0.25) is 9.89 Å². The van der Waals surface area contributed by atoms with Gasteiger partial charge in [0.2, 0.25) is 0 Å². The number of aromatic amines is 1. The van der Waals surface area contributed by atoms with Crippen LogP contribution >= 0.6 is 0 Å². The van der Waals surface area contributed by atoms with Crippen molar-refractivity contribution >= 4 is 11.6 Å². The number of carbonyl (C=O) groups is 1. The van der Waals surface area contributed by atoms with Crippen LogP contribution in [0.3, 0.4) is 0 Å². The molecule has 1 amide bonds. The fourth-order valence-corrected chi connectivity index (χ4v) is 1.54. The van der Waals surface area contributed by atoms with Gasteiger partial charge in [0.15, 0.2) is 5.69 Å². The third-order valence-electron chi connectivity index (χ3n) is 2.57. The Morgan fingerprint density at radius 2 is 2.18 bits per heavy atom. The summed E-state index contributed by atoms with van der Waals surface area (Å²) in [4.78, 5) is 11.8. The SMILES string of the molecule is CC(CCO)NC(=O)c1n[nH]c(C(C)C)c1N. The van der Waals surface area contributed by atoms with Crippen LogP contribution in [-0.4, -0.2) is 33.9 Å². The Kier molecular flexibility index (Phi) is 4.51. The van der Waals surface area contributed by atoms with Crippen LogP contribution in [-0.2, 0) is 0 Å². The topological polar surface area (TPSA) is 104 Å². The summed E-state index contributed by atoms with van der Waals surface area (Å²) in [5.41, 5.74) is 7.24. The number of H-pyrrole nitrogens is 1. The summed E-state index contributed by atoms with van der Waals surface area (Å²) < 4.78 is 0. The first-order valence-corrected chi connectivity index (χ1v) is 5.72. The molecule has 0 spiro atoms. The molecule has 1 rings (SSSR count). The Morgan fingerprint density at radius 3 is 2.65 bits per heavy atom. The zero-order valence-corrected chi connectivity index (χ0v) is 10.4. The molecule has 96 valence electrons. The molecule has 0 aliphatic carbocycles. The molecule has 0 saturated carbocycles. The minimum Gasteiger partial charge on any atom is -0.396 e. The number of amides is 1. The zero-order chi connectivity index (χ0) is 13.0. The van der Waals surface area contributed by atoms with E-state index in [1.165, 1.54) is 0 Å². The molecule has 1 aromatic rings. The second kappa shape index (κ2) is 5.67. The maximum Gasteiger partial charge on any atom is 0.274 e. The van der Waals surface area contributed by atoms with Gasteiger partial charge in [0, 0.05) is 12.6 Å². The molecule has 6 heteroatoms. The molecule has 0 bridgehead atoms. The maximum atomic E-state index is 11.8. The van der Waals surface area contributed by atoms with Gasteiger partial charge in [0.25, 0.3) is 5.91 Å². The summed E-state index contributed by atoms with van der Waals surface area (Å²) in [6.45, 7) is 5.80. The smallest absolute Gasteiger partial charge is 0.274 e. The predicted molar refractivity (Wildman–Crippen MR) is 65.7 cm³/mol. The van der Waals surface area contributed by atoms with E-state index in [-0.39, 0.29) is 30.2 Å². The lowest BCUT2D eigenvalue weighted by atomic mass is 10.1. The zero-order valence-electron chi connectivity index (χ0n) is 10.4. The molecule has 1 heterocycles. The number of nitrogens with zero attached hydrogens (tertiary/aromatic N) is 1. The van der Waals surface area contributed by atoms with Crippen LogP contribution in [0.4, 0.5) is 5.69 Å². The van der Waals surface area contributed by atoms with E-state index in [1.54, 1.807) is 0 Å². The number of nitrogens with two attached hydrogens (primary N) is 1. The molecule has 0 fully saturated rings. The lowest BCUT2D eigenvalue weighted by molar-refractivity contribution is 0.0930. The first-order valence-electron chi connectivity index (χ1n) is 5.72. The van der Waals surface area contributed by atoms with E-state index in [0.717, 1.165) is 5.69 Å². The predicted octanol–water partition coefficient (Wildman–Crippen LogP) is 0.616. The molecule has 0 aliphatic rings. The highest BCUT2D eigenvalue weighted by atomic mass is 16.3. The highest BCUT2D eigenvalue weighted by molar-refractivity contribution is 5.97. The van der Waals surface area contributed by atoms with E-state index in [2.05, 4.69) is 15.5 Å². The van der Waals surface area contributed by atoms with E-state index in [0.29, 0.717) is 12.1 Å². The molecule has 0 saturated heterocycles. The first kappa shape index (κ1) is 13.5. The van der Waals surface area contributed by atoms with Gasteiger partial charge >= 0.3 is 0 Å². The Labute approximate surface area is 101 Å². The van der Waals surface area contributed by atoms with Crippen LogP contribution in [0.15, 0.2) is 0 Å². The lowest BCUT2D eigenvalue weighted by Gasteiger charge is -2.11. The molecule has 0 radical (unpaired) electrons. The van der Waals surface area contributed by atoms with E-state index in [9.17, 15) is 4.79 Å². The van der Waals surface area contributed by atoms with Gasteiger partial charge in [0.1, 0.15) is 0 Å². The van der Waals surface area contributed by atoms with Crippen LogP contribution in [0.1, 0.15) is 49.3 Å². The Bertz CT molecular complexity index is 387. The number of hydrogen-bond donors (Lipinski definition) is 4. The van der Waals surface area contributed by atoms with Gasteiger partial charge in [-0.1, -0.05) is 13.8 Å². The fraction of sp³-hybridized carbons (Fsp3) is 0.636. The van der Waals surface area contributed by atoms with Crippen molar-refractivity contribution < 1.29 is 9.90 Å². The maximum absolute atomic E-state index is 11.8. The standard InChI is InChI=1S/C11H20N4O2/c1-6(2)9-8(12)10(15-14-9)11(17)13-7(3)4-5-16/h6-7,16H,4-5,12H2,1-3H3,(H,13,17)(H,14,15). The molecule has 1 atom stereocenters. The summed E-state index contributed by atoms with van der Waals surface area (Å²) in [7, 11) is 0. The molecule has 17 heavy (non-hydrogen) atoms. The van der Waals surface area contributed by atoms with Crippen molar-refractivity contribution in [3.63, 3.8) is 0 Å². The minimum atomic E-state index is -0.313. The summed E-state index contributed by atoms with van der Waals surface area (Å²) in [5.74, 6) is -0.120. The number of rotatable bonds is 5. The number of nitrogens with one attached hydrogen (secondary N) is 2. The monoisotopic (exact) mass is 240 g/mol. The Hall–Kier alpha value is -1.56. The normalized spacial score (nSPS) is 12.8. The molecule has 6 nitrogen and oxygen atoms in total. The van der Waals surface area contributed by atoms with Gasteiger partial charge < -0.3 is 16.2 Å². The van der Waals surface area contributed by atoms with Gasteiger partial charge in [-0.15, -0.1) is 0 Å². The highest BCUT2D eigenvalue weighted by Gasteiger charge is 2.19. The van der Waals surface area contributed by atoms with Crippen molar-refractivity contribution in [3.8, 4) is 0 Å². The number of aromatic nitrogens is 2. The van der Waals surface area contributed by atoms with E-state index in [1.807, 2.05) is 20.8 Å². The van der Waals surface area contributed by atoms with Crippen molar-refractivity contribution in [2.75, 3.05) is 12.3 Å². The van der Waals surface area contributed by atoms with Gasteiger partial charge in [-0.25, -0.2) is 0 Å². The number of nitrogen functional groups attached to an aromatic ring is 1. The Morgan fingerprint density at radius 1 is 1.53 bits per heavy atom. The van der Waals surface area contributed by atoms with Crippen molar-refractivity contribution in [3.05, 3.63) is 11.4 Å². The molecule has 0 aromatic carbocycles. The van der Waals surface area contributed by atoms with E-state index < -0.39 is 0 Å². The third-order valence-corrected chi connectivity index (χ3v) is 2.57. The van der Waals surface area contributed by atoms with E-state index in [4.69, 9.17) is 10.8 Å². The number of aliphatic hydroxyl groups excluding tert-OH is 1. The Balaban J connectivity index is 2.76. The molecular formula is C11H20N4O2. The molecular weight excluding hydrogens is 220 g/mol. The molecule has 1 aromatic heterocycles. The quantitative estimate of drug-likeness (QED) is 0.605. The second-order valence-corrected chi connectivity index (χ2v) is 4.44. The summed E-state index contributed by atoms with van der Waals surface area (Å²) in [6.07, 6.45) is 0.507. The number of aliphatic hydroxyl groups is 1. The highest BCUT2D eigenvalue weighted by Crippen LogP contribution is 2.21. The number of anilines is 1. The van der Waals surface area contributed by atoms with E-state index >= 15 is 0 Å². The van der Waals surface area contributed by atoms with Crippen LogP contribution in [0.2, 0.25) is 0 Å². The second-order valence-electron chi connectivity index (χ2n) is 4.44. The van der Waals surface area contributed by atoms with Crippen molar-refractivity contribution in [1.29, 1.82) is 0 Å². The van der Waals surface area contributed by atoms with Crippen molar-refractivity contribution in [1.82, 2.24) is 15.5 Å². The summed E-state index contributed by atoms with van der Waals surface area (Å²) in [5, 5.41) is 18.2. The lowest BCUT2D eigenvalue weighted by Crippen LogP contribution is -2.33. The average molecular weight is 240 g/mol. The van der Waals surface area contributed by atoms with Gasteiger partial charge in [-0.05, 0) is 19.3 Å². The van der Waals surface area contributed by atoms with Gasteiger partial charge in [-0.2, -0.15) is 5.10 Å². The summed E-state index contributed by atoms with van der Waals surface area (Å²) >= 11 is 0. The molecule has 1 unspecified atom stereocenters. The van der Waals surface area contributed by atoms with Gasteiger partial charge in [0.05, 0.1) is 11.4 Å². The average Bonchev–Trinajstić information content (AvgIpc) is 2.60. The van der Waals surface area contributed by atoms with Crippen LogP contribution < -0.4 is 11.1 Å². The molecule has 0 aliphatic heterocycles. The summed E-state index contributed by atoms with van der Waals surface area (Å²) in [6, 6.07) is -0.105. The van der Waals surface area contributed by atoms with Crippen LogP contribution in [0.25, 0.3) is 0 Å². The van der Waals surface area contributed by atoms with Crippen LogP contribution in [0, 0.1) is 0 Å². The van der Waals surface area contributed by atoms with Crippen molar-refractivity contribution in [2.45, 2.75) is 39.2 Å². The molecule has 5 N–H and O–H groups in total. The van der Waals surface area contributed by atoms with Crippen LogP contribution in [0.5, 0.6) is 0 Å². The largest absolute Gasteiger partial charge is 0.396 e. The first-order chi connectivity index (χ1) is 7.97.